The molecular formula is C21H27ClN2O3. The first-order valence-electron chi connectivity index (χ1n) is 8.94. The van der Waals surface area contributed by atoms with Crippen molar-refractivity contribution in [2.24, 2.45) is 0 Å². The van der Waals surface area contributed by atoms with Gasteiger partial charge in [0.15, 0.2) is 0 Å². The molecule has 2 aromatic carbocycles. The second-order valence-electron chi connectivity index (χ2n) is 6.85. The van der Waals surface area contributed by atoms with Crippen molar-refractivity contribution in [2.45, 2.75) is 32.3 Å². The van der Waals surface area contributed by atoms with Crippen molar-refractivity contribution in [1.29, 1.82) is 0 Å². The molecule has 1 saturated heterocycles. The van der Waals surface area contributed by atoms with Gasteiger partial charge in [-0.2, -0.15) is 0 Å². The normalized spacial score (nSPS) is 15.5. The first-order valence-corrected chi connectivity index (χ1v) is 8.94. The van der Waals surface area contributed by atoms with Crippen LogP contribution in [0, 0.1) is 13.8 Å². The van der Waals surface area contributed by atoms with Gasteiger partial charge in [-0.3, -0.25) is 4.79 Å². The number of rotatable bonds is 5. The largest absolute Gasteiger partial charge is 0.457 e. The maximum absolute atomic E-state index is 12.7. The molecule has 1 amide bonds. The average molecular weight is 391 g/mol. The van der Waals surface area contributed by atoms with Crippen LogP contribution in [0.4, 0.5) is 5.69 Å². The lowest BCUT2D eigenvalue weighted by Crippen LogP contribution is -2.51. The number of amides is 1. The number of anilines is 1. The van der Waals surface area contributed by atoms with Crippen LogP contribution in [0.3, 0.4) is 0 Å². The Bertz CT molecular complexity index is 751. The molecule has 0 atom stereocenters. The molecule has 3 rings (SSSR count). The Morgan fingerprint density at radius 3 is 2.15 bits per heavy atom. The fourth-order valence-electron chi connectivity index (χ4n) is 3.33. The maximum atomic E-state index is 12.7. The standard InChI is InChI=1S/C21H26N2O3.ClH/c1-15-12-16(2)14-19(13-15)26-18-6-4-17(5-7-18)23-20(24)21(25-3)8-10-22-11-9-21;/h4-7,12-14,22H,8-11H2,1-3H3,(H,23,24);1H. The van der Waals surface area contributed by atoms with E-state index in [4.69, 9.17) is 9.47 Å². The van der Waals surface area contributed by atoms with Gasteiger partial charge in [-0.05, 0) is 87.3 Å². The van der Waals surface area contributed by atoms with E-state index in [2.05, 4.69) is 16.7 Å². The SMILES string of the molecule is COC1(C(=O)Nc2ccc(Oc3cc(C)cc(C)c3)cc2)CCNCC1.Cl. The van der Waals surface area contributed by atoms with E-state index in [-0.39, 0.29) is 18.3 Å². The molecule has 1 heterocycles. The zero-order valence-electron chi connectivity index (χ0n) is 16.0. The summed E-state index contributed by atoms with van der Waals surface area (Å²) in [6.07, 6.45) is 1.34. The lowest BCUT2D eigenvalue weighted by Gasteiger charge is -2.34. The van der Waals surface area contributed by atoms with Crippen LogP contribution in [-0.4, -0.2) is 31.7 Å². The van der Waals surface area contributed by atoms with Crippen molar-refractivity contribution in [2.75, 3.05) is 25.5 Å². The molecule has 0 aliphatic carbocycles. The molecule has 0 unspecified atom stereocenters. The summed E-state index contributed by atoms with van der Waals surface area (Å²) in [5, 5.41) is 6.22. The van der Waals surface area contributed by atoms with E-state index < -0.39 is 5.60 Å². The molecule has 6 heteroatoms. The van der Waals surface area contributed by atoms with Gasteiger partial charge in [-0.15, -0.1) is 12.4 Å². The number of nitrogens with one attached hydrogen (secondary N) is 2. The number of piperidine rings is 1. The van der Waals surface area contributed by atoms with Gasteiger partial charge in [0.1, 0.15) is 17.1 Å². The molecule has 0 aromatic heterocycles. The molecule has 1 fully saturated rings. The Labute approximate surface area is 166 Å². The van der Waals surface area contributed by atoms with Crippen molar-refractivity contribution >= 4 is 24.0 Å². The second kappa shape index (κ2) is 9.22. The third kappa shape index (κ3) is 5.22. The van der Waals surface area contributed by atoms with E-state index >= 15 is 0 Å². The van der Waals surface area contributed by atoms with Gasteiger partial charge in [0.05, 0.1) is 0 Å². The van der Waals surface area contributed by atoms with Gasteiger partial charge in [-0.1, -0.05) is 6.07 Å². The third-order valence-electron chi connectivity index (χ3n) is 4.76. The summed E-state index contributed by atoms with van der Waals surface area (Å²) in [7, 11) is 1.60. The summed E-state index contributed by atoms with van der Waals surface area (Å²) < 4.78 is 11.5. The summed E-state index contributed by atoms with van der Waals surface area (Å²) in [6.45, 7) is 5.66. The van der Waals surface area contributed by atoms with Gasteiger partial charge in [-0.25, -0.2) is 0 Å². The lowest BCUT2D eigenvalue weighted by molar-refractivity contribution is -0.140. The van der Waals surface area contributed by atoms with Crippen molar-refractivity contribution < 1.29 is 14.3 Å². The highest BCUT2D eigenvalue weighted by atomic mass is 35.5. The molecule has 1 aliphatic heterocycles. The van der Waals surface area contributed by atoms with Crippen LogP contribution in [0.15, 0.2) is 42.5 Å². The quantitative estimate of drug-likeness (QED) is 0.802. The van der Waals surface area contributed by atoms with E-state index in [1.807, 2.05) is 50.2 Å². The molecule has 1 aliphatic rings. The van der Waals surface area contributed by atoms with Crippen molar-refractivity contribution in [1.82, 2.24) is 5.32 Å². The minimum absolute atomic E-state index is 0. The fraction of sp³-hybridized carbons (Fsp3) is 0.381. The Kier molecular flexibility index (Phi) is 7.25. The number of methoxy groups -OCH3 is 1. The lowest BCUT2D eigenvalue weighted by atomic mass is 9.91. The summed E-state index contributed by atoms with van der Waals surface area (Å²) >= 11 is 0. The molecule has 0 radical (unpaired) electrons. The number of hydrogen-bond donors (Lipinski definition) is 2. The van der Waals surface area contributed by atoms with Gasteiger partial charge >= 0.3 is 0 Å². The minimum atomic E-state index is -0.750. The fourth-order valence-corrected chi connectivity index (χ4v) is 3.33. The third-order valence-corrected chi connectivity index (χ3v) is 4.76. The van der Waals surface area contributed by atoms with E-state index in [0.717, 1.165) is 41.4 Å². The van der Waals surface area contributed by atoms with Crippen LogP contribution in [0.5, 0.6) is 11.5 Å². The van der Waals surface area contributed by atoms with Crippen LogP contribution in [0.1, 0.15) is 24.0 Å². The molecule has 27 heavy (non-hydrogen) atoms. The van der Waals surface area contributed by atoms with Gasteiger partial charge < -0.3 is 20.1 Å². The van der Waals surface area contributed by atoms with Gasteiger partial charge in [0, 0.05) is 12.8 Å². The van der Waals surface area contributed by atoms with Gasteiger partial charge in [0.2, 0.25) is 0 Å². The van der Waals surface area contributed by atoms with Crippen molar-refractivity contribution in [3.8, 4) is 11.5 Å². The van der Waals surface area contributed by atoms with E-state index in [1.54, 1.807) is 7.11 Å². The molecule has 146 valence electrons. The van der Waals surface area contributed by atoms with Crippen LogP contribution >= 0.6 is 12.4 Å². The van der Waals surface area contributed by atoms with Crippen LogP contribution in [0.25, 0.3) is 0 Å². The molecular weight excluding hydrogens is 364 g/mol. The highest BCUT2D eigenvalue weighted by Crippen LogP contribution is 2.27. The Hall–Kier alpha value is -2.08. The van der Waals surface area contributed by atoms with Crippen LogP contribution in [-0.2, 0) is 9.53 Å². The number of ether oxygens (including phenoxy) is 2. The average Bonchev–Trinajstić information content (AvgIpc) is 2.63. The van der Waals surface area contributed by atoms with Gasteiger partial charge in [0.25, 0.3) is 5.91 Å². The van der Waals surface area contributed by atoms with E-state index in [9.17, 15) is 4.79 Å². The first-order chi connectivity index (χ1) is 12.5. The molecule has 0 bridgehead atoms. The molecule has 5 nitrogen and oxygen atoms in total. The van der Waals surface area contributed by atoms with Crippen LogP contribution < -0.4 is 15.4 Å². The summed E-state index contributed by atoms with van der Waals surface area (Å²) in [5.74, 6) is 1.45. The summed E-state index contributed by atoms with van der Waals surface area (Å²) in [6, 6.07) is 13.5. The number of carbonyl (C=O) groups excluding carboxylic acids is 1. The smallest absolute Gasteiger partial charge is 0.256 e. The molecule has 2 N–H and O–H groups in total. The summed E-state index contributed by atoms with van der Waals surface area (Å²) in [5.41, 5.74) is 2.31. The Morgan fingerprint density at radius 2 is 1.59 bits per heavy atom. The molecule has 0 saturated carbocycles. The van der Waals surface area contributed by atoms with Crippen molar-refractivity contribution in [3.63, 3.8) is 0 Å². The predicted molar refractivity (Wildman–Crippen MR) is 110 cm³/mol. The Morgan fingerprint density at radius 1 is 1.00 bits per heavy atom. The minimum Gasteiger partial charge on any atom is -0.457 e. The Balaban J connectivity index is 0.00000261. The van der Waals surface area contributed by atoms with E-state index in [0.29, 0.717) is 12.8 Å². The number of carbonyl (C=O) groups is 1. The highest BCUT2D eigenvalue weighted by Gasteiger charge is 2.39. The number of aryl methyl sites for hydroxylation is 2. The van der Waals surface area contributed by atoms with Crippen LogP contribution in [0.2, 0.25) is 0 Å². The van der Waals surface area contributed by atoms with E-state index in [1.165, 1.54) is 0 Å². The zero-order valence-corrected chi connectivity index (χ0v) is 16.8. The highest BCUT2D eigenvalue weighted by molar-refractivity contribution is 5.97. The predicted octanol–water partition coefficient (Wildman–Crippen LogP) is 4.22. The number of benzene rings is 2. The number of halogens is 1. The molecule has 2 aromatic rings. The second-order valence-corrected chi connectivity index (χ2v) is 6.85. The first kappa shape index (κ1) is 21.2. The molecule has 0 spiro atoms. The number of hydrogen-bond acceptors (Lipinski definition) is 4. The van der Waals surface area contributed by atoms with Crippen molar-refractivity contribution in [3.05, 3.63) is 53.6 Å². The monoisotopic (exact) mass is 390 g/mol. The topological polar surface area (TPSA) is 59.6 Å². The zero-order chi connectivity index (χ0) is 18.6. The summed E-state index contributed by atoms with van der Waals surface area (Å²) in [4.78, 5) is 12.7. The maximum Gasteiger partial charge on any atom is 0.256 e.